The fourth-order valence-corrected chi connectivity index (χ4v) is 2.05. The molecule has 0 radical (unpaired) electrons. The Labute approximate surface area is 124 Å². The van der Waals surface area contributed by atoms with Gasteiger partial charge in [-0.05, 0) is 18.2 Å². The fraction of sp³-hybridized carbons (Fsp3) is 0.0667. The molecule has 0 saturated carbocycles. The van der Waals surface area contributed by atoms with Crippen molar-refractivity contribution in [1.82, 2.24) is 0 Å². The molecule has 0 spiro atoms. The van der Waals surface area contributed by atoms with E-state index in [-0.39, 0.29) is 16.7 Å². The molecule has 0 aliphatic carbocycles. The first-order valence-corrected chi connectivity index (χ1v) is 6.29. The zero-order chi connectivity index (χ0) is 15.6. The van der Waals surface area contributed by atoms with Crippen molar-refractivity contribution in [3.8, 4) is 0 Å². The van der Waals surface area contributed by atoms with Crippen LogP contribution in [0.15, 0.2) is 48.5 Å². The van der Waals surface area contributed by atoms with Gasteiger partial charge in [0.05, 0.1) is 5.56 Å². The molecule has 21 heavy (non-hydrogen) atoms. The molecule has 0 aliphatic heterocycles. The van der Waals surface area contributed by atoms with Crippen LogP contribution in [0, 0.1) is 0 Å². The Morgan fingerprint density at radius 3 is 2.10 bits per heavy atom. The van der Waals surface area contributed by atoms with E-state index < -0.39 is 22.6 Å². The molecular weight excluding hydrogens is 301 g/mol. The second kappa shape index (κ2) is 5.73. The topological polar surface area (TPSA) is 34.1 Å². The average Bonchev–Trinajstić information content (AvgIpc) is 2.45. The number of ketones is 1. The van der Waals surface area contributed by atoms with Crippen LogP contribution in [0.25, 0.3) is 0 Å². The number of alkyl halides is 3. The highest BCUT2D eigenvalue weighted by Gasteiger charge is 2.31. The molecule has 0 N–H and O–H groups in total. The van der Waals surface area contributed by atoms with Crippen molar-refractivity contribution in [2.75, 3.05) is 0 Å². The van der Waals surface area contributed by atoms with Crippen LogP contribution >= 0.6 is 12.6 Å². The van der Waals surface area contributed by atoms with Gasteiger partial charge >= 0.3 is 6.18 Å². The van der Waals surface area contributed by atoms with Gasteiger partial charge < -0.3 is 0 Å². The molecule has 2 nitrogen and oxygen atoms in total. The first-order chi connectivity index (χ1) is 9.80. The molecular formula is C15H9F3O2S. The standard InChI is InChI=1S/C15H9F3O2S/c16-15(17,18)10-5-3-4-9(8-10)13(19)11-6-1-2-7-12(11)14(20)21/h1-8H,(H,20,21). The second-order valence-corrected chi connectivity index (χ2v) is 4.66. The first kappa shape index (κ1) is 15.3. The molecule has 0 aliphatic rings. The molecule has 0 bridgehead atoms. The van der Waals surface area contributed by atoms with Crippen molar-refractivity contribution < 1.29 is 22.8 Å². The average molecular weight is 310 g/mol. The van der Waals surface area contributed by atoms with Crippen LogP contribution in [0.2, 0.25) is 0 Å². The van der Waals surface area contributed by atoms with E-state index in [1.165, 1.54) is 24.3 Å². The third-order valence-electron chi connectivity index (χ3n) is 2.85. The Morgan fingerprint density at radius 1 is 0.905 bits per heavy atom. The minimum Gasteiger partial charge on any atom is -0.289 e. The maximum Gasteiger partial charge on any atom is 0.416 e. The first-order valence-electron chi connectivity index (χ1n) is 5.85. The van der Waals surface area contributed by atoms with E-state index in [9.17, 15) is 22.8 Å². The summed E-state index contributed by atoms with van der Waals surface area (Å²) < 4.78 is 38.0. The number of carbonyl (C=O) groups is 2. The lowest BCUT2D eigenvalue weighted by Crippen LogP contribution is -2.10. The van der Waals surface area contributed by atoms with Crippen molar-refractivity contribution in [2.24, 2.45) is 0 Å². The molecule has 108 valence electrons. The summed E-state index contributed by atoms with van der Waals surface area (Å²) in [6.07, 6.45) is -4.53. The van der Waals surface area contributed by atoms with Gasteiger partial charge in [0.15, 0.2) is 5.78 Å². The van der Waals surface area contributed by atoms with Gasteiger partial charge in [0.1, 0.15) is 0 Å². The Kier molecular flexibility index (Phi) is 4.18. The summed E-state index contributed by atoms with van der Waals surface area (Å²) in [5.74, 6) is -0.654. The number of benzene rings is 2. The van der Waals surface area contributed by atoms with Gasteiger partial charge in [0, 0.05) is 16.7 Å². The van der Waals surface area contributed by atoms with E-state index in [1.54, 1.807) is 6.07 Å². The largest absolute Gasteiger partial charge is 0.416 e. The van der Waals surface area contributed by atoms with E-state index in [1.807, 2.05) is 0 Å². The van der Waals surface area contributed by atoms with Crippen molar-refractivity contribution >= 4 is 23.5 Å². The molecule has 2 aromatic rings. The third kappa shape index (κ3) is 3.33. The summed E-state index contributed by atoms with van der Waals surface area (Å²) in [6.45, 7) is 0. The lowest BCUT2D eigenvalue weighted by Gasteiger charge is -2.09. The monoisotopic (exact) mass is 310 g/mol. The molecule has 2 aromatic carbocycles. The Bertz CT molecular complexity index is 708. The number of carbonyl (C=O) groups excluding carboxylic acids is 2. The predicted octanol–water partition coefficient (Wildman–Crippen LogP) is 4.01. The smallest absolute Gasteiger partial charge is 0.289 e. The van der Waals surface area contributed by atoms with E-state index >= 15 is 0 Å². The van der Waals surface area contributed by atoms with Gasteiger partial charge in [-0.3, -0.25) is 9.59 Å². The Morgan fingerprint density at radius 2 is 1.52 bits per heavy atom. The molecule has 0 unspecified atom stereocenters. The third-order valence-corrected chi connectivity index (χ3v) is 3.10. The van der Waals surface area contributed by atoms with Crippen LogP contribution < -0.4 is 0 Å². The summed E-state index contributed by atoms with van der Waals surface area (Å²) >= 11 is 3.66. The van der Waals surface area contributed by atoms with Crippen molar-refractivity contribution in [1.29, 1.82) is 0 Å². The van der Waals surface area contributed by atoms with Crippen LogP contribution in [-0.2, 0) is 6.18 Å². The molecule has 0 heterocycles. The van der Waals surface area contributed by atoms with Gasteiger partial charge in [0.25, 0.3) is 0 Å². The number of halogens is 3. The van der Waals surface area contributed by atoms with Gasteiger partial charge in [-0.2, -0.15) is 13.2 Å². The number of rotatable bonds is 3. The molecule has 0 aromatic heterocycles. The van der Waals surface area contributed by atoms with Crippen LogP contribution in [-0.4, -0.2) is 10.9 Å². The highest BCUT2D eigenvalue weighted by Crippen LogP contribution is 2.30. The SMILES string of the molecule is O=C(S)c1ccccc1C(=O)c1cccc(C(F)(F)F)c1. The van der Waals surface area contributed by atoms with Crippen LogP contribution in [0.3, 0.4) is 0 Å². The normalized spacial score (nSPS) is 11.2. The predicted molar refractivity (Wildman–Crippen MR) is 74.6 cm³/mol. The highest BCUT2D eigenvalue weighted by atomic mass is 32.1. The summed E-state index contributed by atoms with van der Waals surface area (Å²) in [5, 5.41) is -0.620. The van der Waals surface area contributed by atoms with Crippen LogP contribution in [0.1, 0.15) is 31.8 Å². The zero-order valence-corrected chi connectivity index (χ0v) is 11.4. The lowest BCUT2D eigenvalue weighted by atomic mass is 9.97. The Balaban J connectivity index is 2.49. The van der Waals surface area contributed by atoms with Gasteiger partial charge in [-0.15, -0.1) is 12.6 Å². The van der Waals surface area contributed by atoms with E-state index in [2.05, 4.69) is 12.6 Å². The Hall–Kier alpha value is -2.08. The molecule has 2 rings (SSSR count). The highest BCUT2D eigenvalue weighted by molar-refractivity contribution is 7.97. The maximum absolute atomic E-state index is 12.7. The fourth-order valence-electron chi connectivity index (χ4n) is 1.86. The quantitative estimate of drug-likeness (QED) is 0.686. The van der Waals surface area contributed by atoms with Crippen molar-refractivity contribution in [3.63, 3.8) is 0 Å². The minimum atomic E-state index is -4.53. The van der Waals surface area contributed by atoms with Crippen LogP contribution in [0.5, 0.6) is 0 Å². The number of hydrogen-bond donors (Lipinski definition) is 1. The molecule has 0 saturated heterocycles. The number of hydrogen-bond acceptors (Lipinski definition) is 2. The van der Waals surface area contributed by atoms with Gasteiger partial charge in [-0.1, -0.05) is 30.3 Å². The van der Waals surface area contributed by atoms with E-state index in [0.717, 1.165) is 18.2 Å². The molecule has 0 fully saturated rings. The molecule has 0 amide bonds. The van der Waals surface area contributed by atoms with E-state index in [4.69, 9.17) is 0 Å². The molecule has 0 atom stereocenters. The lowest BCUT2D eigenvalue weighted by molar-refractivity contribution is -0.137. The summed E-state index contributed by atoms with van der Waals surface area (Å²) in [4.78, 5) is 23.7. The van der Waals surface area contributed by atoms with Gasteiger partial charge in [-0.25, -0.2) is 0 Å². The maximum atomic E-state index is 12.7. The van der Waals surface area contributed by atoms with E-state index in [0.29, 0.717) is 0 Å². The van der Waals surface area contributed by atoms with Crippen LogP contribution in [0.4, 0.5) is 13.2 Å². The summed E-state index contributed by atoms with van der Waals surface area (Å²) in [7, 11) is 0. The second-order valence-electron chi connectivity index (χ2n) is 4.26. The summed E-state index contributed by atoms with van der Waals surface area (Å²) in [6, 6.07) is 9.93. The molecule has 6 heteroatoms. The van der Waals surface area contributed by atoms with Crippen molar-refractivity contribution in [2.45, 2.75) is 6.18 Å². The summed E-state index contributed by atoms with van der Waals surface area (Å²) in [5.41, 5.74) is -0.963. The minimum absolute atomic E-state index is 0.0248. The van der Waals surface area contributed by atoms with Gasteiger partial charge in [0.2, 0.25) is 5.12 Å². The number of thiol groups is 1. The zero-order valence-electron chi connectivity index (χ0n) is 10.5. The van der Waals surface area contributed by atoms with Crippen molar-refractivity contribution in [3.05, 3.63) is 70.8 Å².